The van der Waals surface area contributed by atoms with Crippen LogP contribution in [0, 0.1) is 5.41 Å². The van der Waals surface area contributed by atoms with Crippen molar-refractivity contribution in [2.24, 2.45) is 5.41 Å². The van der Waals surface area contributed by atoms with Gasteiger partial charge in [-0.1, -0.05) is 11.6 Å². The lowest BCUT2D eigenvalue weighted by Crippen LogP contribution is -2.74. The molecule has 5 rings (SSSR count). The molecular weight excluding hydrogens is 404 g/mol. The van der Waals surface area contributed by atoms with E-state index in [1.165, 1.54) is 0 Å². The van der Waals surface area contributed by atoms with Gasteiger partial charge in [-0.25, -0.2) is 9.78 Å². The average molecular weight is 427 g/mol. The van der Waals surface area contributed by atoms with Gasteiger partial charge in [-0.2, -0.15) is 0 Å². The highest BCUT2D eigenvalue weighted by Gasteiger charge is 2.54. The second-order valence-electron chi connectivity index (χ2n) is 8.15. The van der Waals surface area contributed by atoms with Gasteiger partial charge in [-0.15, -0.1) is 0 Å². The van der Waals surface area contributed by atoms with Crippen molar-refractivity contribution in [1.29, 1.82) is 0 Å². The summed E-state index contributed by atoms with van der Waals surface area (Å²) in [5.74, 6) is 2.34. The quantitative estimate of drug-likeness (QED) is 0.731. The predicted octanol–water partition coefficient (Wildman–Crippen LogP) is 3.79. The maximum absolute atomic E-state index is 13.3. The van der Waals surface area contributed by atoms with Crippen molar-refractivity contribution < 1.29 is 14.3 Å². The van der Waals surface area contributed by atoms with E-state index in [0.29, 0.717) is 17.4 Å². The molecule has 1 aromatic carbocycles. The summed E-state index contributed by atoms with van der Waals surface area (Å²) in [5, 5.41) is 0.587. The van der Waals surface area contributed by atoms with Gasteiger partial charge in [0.2, 0.25) is 0 Å². The monoisotopic (exact) mass is 426 g/mol. The molecule has 30 heavy (non-hydrogen) atoms. The van der Waals surface area contributed by atoms with E-state index in [-0.39, 0.29) is 11.4 Å². The first-order chi connectivity index (χ1) is 14.5. The first-order valence-electron chi connectivity index (χ1n) is 9.91. The number of carbonyl (C=O) groups excluding carboxylic acids is 1. The summed E-state index contributed by atoms with van der Waals surface area (Å²) in [5.41, 5.74) is 1.73. The van der Waals surface area contributed by atoms with E-state index in [9.17, 15) is 4.79 Å². The molecule has 1 aromatic heterocycles. The van der Waals surface area contributed by atoms with Crippen LogP contribution in [-0.4, -0.2) is 55.8 Å². The number of urea groups is 1. The number of fused-ring (bicyclic) bond motifs is 1. The fraction of sp³-hybridized carbons (Fsp3) is 0.364. The van der Waals surface area contributed by atoms with Gasteiger partial charge < -0.3 is 19.3 Å². The maximum atomic E-state index is 13.3. The molecular formula is C22H23ClN4O3. The fourth-order valence-electron chi connectivity index (χ4n) is 4.44. The zero-order chi connectivity index (χ0) is 20.9. The zero-order valence-corrected chi connectivity index (χ0v) is 17.7. The van der Waals surface area contributed by atoms with Crippen LogP contribution < -0.4 is 19.3 Å². The van der Waals surface area contributed by atoms with Gasteiger partial charge in [-0.05, 0) is 31.2 Å². The van der Waals surface area contributed by atoms with E-state index in [1.54, 1.807) is 30.3 Å². The molecule has 0 bridgehead atoms. The van der Waals surface area contributed by atoms with E-state index in [2.05, 4.69) is 9.88 Å². The number of likely N-dealkylation sites (tertiary alicyclic amines) is 1. The highest BCUT2D eigenvalue weighted by molar-refractivity contribution is 6.30. The number of hydrogen-bond donors (Lipinski definition) is 0. The van der Waals surface area contributed by atoms with Crippen molar-refractivity contribution in [3.05, 3.63) is 53.3 Å². The number of amides is 2. The summed E-state index contributed by atoms with van der Waals surface area (Å²) in [6.45, 7) is 5.59. The number of methoxy groups -OCH3 is 1. The predicted molar refractivity (Wildman–Crippen MR) is 116 cm³/mol. The van der Waals surface area contributed by atoms with Crippen LogP contribution in [-0.2, 0) is 0 Å². The third kappa shape index (κ3) is 3.13. The van der Waals surface area contributed by atoms with Crippen LogP contribution in [0.2, 0.25) is 5.02 Å². The van der Waals surface area contributed by atoms with Gasteiger partial charge in [0.1, 0.15) is 23.9 Å². The number of ether oxygens (including phenoxy) is 2. The van der Waals surface area contributed by atoms with Crippen LogP contribution in [0.4, 0.5) is 16.3 Å². The van der Waals surface area contributed by atoms with E-state index < -0.39 is 0 Å². The normalized spacial score (nSPS) is 19.2. The Bertz CT molecular complexity index is 1030. The van der Waals surface area contributed by atoms with Crippen LogP contribution in [0.1, 0.15) is 6.92 Å². The molecule has 2 amide bonds. The zero-order valence-electron chi connectivity index (χ0n) is 17.0. The summed E-state index contributed by atoms with van der Waals surface area (Å²) in [7, 11) is 1.66. The molecule has 2 aromatic rings. The third-order valence-electron chi connectivity index (χ3n) is 5.98. The number of benzene rings is 1. The Morgan fingerprint density at radius 3 is 2.77 bits per heavy atom. The standard InChI is InChI=1S/C22H23ClN4O3/c1-15-6-8-30-19-9-16(23)3-4-18(19)27(15)21(28)26-13-22(14-26)11-25(12-22)20-10-17(29-2)5-7-24-20/h3-7,9-10H,8,11-14H2,1-2H3. The average Bonchev–Trinajstić information content (AvgIpc) is 2.83. The molecule has 1 spiro atoms. The van der Waals surface area contributed by atoms with Gasteiger partial charge in [0.15, 0.2) is 0 Å². The number of halogens is 1. The molecule has 0 N–H and O–H groups in total. The van der Waals surface area contributed by atoms with Crippen LogP contribution in [0.25, 0.3) is 0 Å². The number of hydrogen-bond acceptors (Lipinski definition) is 5. The molecule has 0 unspecified atom stereocenters. The highest BCUT2D eigenvalue weighted by Crippen LogP contribution is 2.43. The number of allylic oxidation sites excluding steroid dienone is 1. The Morgan fingerprint density at radius 1 is 1.20 bits per heavy atom. The largest absolute Gasteiger partial charge is 0.497 e. The van der Waals surface area contributed by atoms with Gasteiger partial charge in [0.05, 0.1) is 12.8 Å². The van der Waals surface area contributed by atoms with Crippen molar-refractivity contribution in [3.8, 4) is 11.5 Å². The Labute approximate surface area is 180 Å². The molecule has 7 nitrogen and oxygen atoms in total. The second kappa shape index (κ2) is 7.09. The van der Waals surface area contributed by atoms with Crippen molar-refractivity contribution in [2.75, 3.05) is 49.7 Å². The van der Waals surface area contributed by atoms with Crippen LogP contribution in [0.3, 0.4) is 0 Å². The minimum Gasteiger partial charge on any atom is -0.497 e. The third-order valence-corrected chi connectivity index (χ3v) is 6.21. The van der Waals surface area contributed by atoms with Crippen molar-refractivity contribution in [3.63, 3.8) is 0 Å². The first kappa shape index (κ1) is 19.1. The molecule has 8 heteroatoms. The van der Waals surface area contributed by atoms with Crippen molar-refractivity contribution in [2.45, 2.75) is 6.92 Å². The molecule has 0 aliphatic carbocycles. The van der Waals surface area contributed by atoms with Crippen LogP contribution in [0.5, 0.6) is 11.5 Å². The Hall–Kier alpha value is -2.93. The van der Waals surface area contributed by atoms with Crippen molar-refractivity contribution >= 4 is 29.1 Å². The number of anilines is 2. The van der Waals surface area contributed by atoms with Gasteiger partial charge >= 0.3 is 6.03 Å². The topological polar surface area (TPSA) is 58.1 Å². The fourth-order valence-corrected chi connectivity index (χ4v) is 4.60. The number of rotatable bonds is 2. The number of aromatic nitrogens is 1. The summed E-state index contributed by atoms with van der Waals surface area (Å²) in [6, 6.07) is 9.14. The molecule has 2 saturated heterocycles. The number of nitrogens with zero attached hydrogens (tertiary/aromatic N) is 4. The smallest absolute Gasteiger partial charge is 0.328 e. The van der Waals surface area contributed by atoms with E-state index >= 15 is 0 Å². The minimum absolute atomic E-state index is 0.0265. The first-order valence-corrected chi connectivity index (χ1v) is 10.3. The lowest BCUT2D eigenvalue weighted by molar-refractivity contribution is 0.0101. The summed E-state index contributed by atoms with van der Waals surface area (Å²) < 4.78 is 11.1. The summed E-state index contributed by atoms with van der Waals surface area (Å²) >= 11 is 6.11. The van der Waals surface area contributed by atoms with Gasteiger partial charge in [0, 0.05) is 60.6 Å². The Balaban J connectivity index is 1.27. The summed E-state index contributed by atoms with van der Waals surface area (Å²) in [4.78, 5) is 23.6. The van der Waals surface area contributed by atoms with Crippen molar-refractivity contribution in [1.82, 2.24) is 9.88 Å². The van der Waals surface area contributed by atoms with Gasteiger partial charge in [-0.3, -0.25) is 4.90 Å². The molecule has 3 aliphatic heterocycles. The molecule has 156 valence electrons. The van der Waals surface area contributed by atoms with E-state index in [1.807, 2.05) is 36.1 Å². The molecule has 0 saturated carbocycles. The second-order valence-corrected chi connectivity index (χ2v) is 8.59. The lowest BCUT2D eigenvalue weighted by atomic mass is 9.73. The molecule has 0 radical (unpaired) electrons. The molecule has 3 aliphatic rings. The SMILES string of the molecule is COc1ccnc(N2CC3(CN(C(=O)N4C(C)=CCOc5cc(Cl)ccc54)C3)C2)c1. The Morgan fingerprint density at radius 2 is 2.00 bits per heavy atom. The van der Waals surface area contributed by atoms with Crippen LogP contribution >= 0.6 is 11.6 Å². The maximum Gasteiger partial charge on any atom is 0.328 e. The minimum atomic E-state index is -0.0265. The van der Waals surface area contributed by atoms with Gasteiger partial charge in [0.25, 0.3) is 0 Å². The number of pyridine rings is 1. The van der Waals surface area contributed by atoms with E-state index in [0.717, 1.165) is 49.1 Å². The molecule has 4 heterocycles. The summed E-state index contributed by atoms with van der Waals surface area (Å²) in [6.07, 6.45) is 3.68. The highest BCUT2D eigenvalue weighted by atomic mass is 35.5. The van der Waals surface area contributed by atoms with Crippen LogP contribution in [0.15, 0.2) is 48.3 Å². The van der Waals surface area contributed by atoms with E-state index in [4.69, 9.17) is 21.1 Å². The molecule has 2 fully saturated rings. The molecule has 0 atom stereocenters. The number of carbonyl (C=O) groups is 1. The Kier molecular flexibility index (Phi) is 4.50. The lowest BCUT2D eigenvalue weighted by Gasteiger charge is -2.60.